The highest BCUT2D eigenvalue weighted by Gasteiger charge is 2.36. The maximum Gasteiger partial charge on any atom is 0.0149 e. The third kappa shape index (κ3) is 5.44. The van der Waals surface area contributed by atoms with E-state index in [1.807, 2.05) is 0 Å². The highest BCUT2D eigenvalue weighted by molar-refractivity contribution is 8.00. The number of thioether (sulfide) groups is 1. The zero-order valence-corrected chi connectivity index (χ0v) is 15.6. The lowest BCUT2D eigenvalue weighted by Gasteiger charge is -2.45. The Hall–Kier alpha value is 0.270. The lowest BCUT2D eigenvalue weighted by atomic mass is 9.69. The molecule has 0 aromatic rings. The van der Waals surface area contributed by atoms with Gasteiger partial charge in [-0.2, -0.15) is 11.8 Å². The fourth-order valence-corrected chi connectivity index (χ4v) is 5.68. The van der Waals surface area contributed by atoms with E-state index in [2.05, 4.69) is 56.6 Å². The second kappa shape index (κ2) is 7.70. The van der Waals surface area contributed by atoms with E-state index in [0.717, 1.165) is 22.5 Å². The summed E-state index contributed by atoms with van der Waals surface area (Å²) in [5.74, 6) is 0.836. The second-order valence-electron chi connectivity index (χ2n) is 8.20. The molecule has 1 aliphatic carbocycles. The Morgan fingerprint density at radius 2 is 1.86 bits per heavy atom. The quantitative estimate of drug-likeness (QED) is 0.826. The van der Waals surface area contributed by atoms with Crippen LogP contribution in [0.25, 0.3) is 0 Å². The zero-order chi connectivity index (χ0) is 15.5. The first kappa shape index (κ1) is 17.6. The van der Waals surface area contributed by atoms with Gasteiger partial charge in [0.15, 0.2) is 0 Å². The average molecular weight is 313 g/mol. The van der Waals surface area contributed by atoms with E-state index in [4.69, 9.17) is 0 Å². The van der Waals surface area contributed by atoms with Crippen LogP contribution in [0.5, 0.6) is 0 Å². The Balaban J connectivity index is 1.95. The molecule has 4 atom stereocenters. The van der Waals surface area contributed by atoms with Gasteiger partial charge in [0.05, 0.1) is 0 Å². The molecule has 1 aliphatic heterocycles. The highest BCUT2D eigenvalue weighted by Crippen LogP contribution is 2.39. The van der Waals surface area contributed by atoms with Gasteiger partial charge in [-0.1, -0.05) is 34.6 Å². The van der Waals surface area contributed by atoms with E-state index in [1.54, 1.807) is 0 Å². The number of hydrogen-bond acceptors (Lipinski definition) is 3. The molecule has 1 heterocycles. The molecule has 1 saturated carbocycles. The first-order chi connectivity index (χ1) is 9.89. The summed E-state index contributed by atoms with van der Waals surface area (Å²) in [5.41, 5.74) is 0.539. The van der Waals surface area contributed by atoms with Crippen LogP contribution in [0.3, 0.4) is 0 Å². The van der Waals surface area contributed by atoms with Crippen LogP contribution >= 0.6 is 11.8 Å². The largest absolute Gasteiger partial charge is 0.314 e. The van der Waals surface area contributed by atoms with Crippen LogP contribution in [-0.4, -0.2) is 47.6 Å². The smallest absolute Gasteiger partial charge is 0.0149 e. The summed E-state index contributed by atoms with van der Waals surface area (Å²) in [5, 5.41) is 5.44. The molecule has 0 aromatic heterocycles. The van der Waals surface area contributed by atoms with Crippen molar-refractivity contribution in [3.8, 4) is 0 Å². The maximum atomic E-state index is 3.84. The number of nitrogens with one attached hydrogen (secondary N) is 1. The van der Waals surface area contributed by atoms with Gasteiger partial charge in [-0.05, 0) is 43.6 Å². The Kier molecular flexibility index (Phi) is 6.46. The van der Waals surface area contributed by atoms with Crippen molar-refractivity contribution in [2.75, 3.05) is 26.2 Å². The van der Waals surface area contributed by atoms with Gasteiger partial charge < -0.3 is 10.2 Å². The van der Waals surface area contributed by atoms with E-state index in [1.165, 1.54) is 51.9 Å². The summed E-state index contributed by atoms with van der Waals surface area (Å²) in [6.07, 6.45) is 5.39. The minimum Gasteiger partial charge on any atom is -0.314 e. The number of hydrogen-bond donors (Lipinski definition) is 1. The molecule has 1 saturated heterocycles. The number of rotatable bonds is 5. The molecule has 0 aromatic carbocycles. The molecular weight excluding hydrogens is 276 g/mol. The molecule has 0 radical (unpaired) electrons. The summed E-state index contributed by atoms with van der Waals surface area (Å²) in [4.78, 5) is 2.75. The fourth-order valence-electron chi connectivity index (χ4n) is 4.29. The molecule has 1 N–H and O–H groups in total. The molecule has 21 heavy (non-hydrogen) atoms. The fraction of sp³-hybridized carbons (Fsp3) is 1.00. The molecule has 0 amide bonds. The van der Waals surface area contributed by atoms with E-state index in [-0.39, 0.29) is 0 Å². The van der Waals surface area contributed by atoms with Crippen LogP contribution in [0.4, 0.5) is 0 Å². The second-order valence-corrected chi connectivity index (χ2v) is 10.1. The van der Waals surface area contributed by atoms with Crippen molar-refractivity contribution in [1.82, 2.24) is 10.2 Å². The topological polar surface area (TPSA) is 15.3 Å². The monoisotopic (exact) mass is 312 g/mol. The van der Waals surface area contributed by atoms with E-state index in [0.29, 0.717) is 5.41 Å². The van der Waals surface area contributed by atoms with Crippen LogP contribution in [0.1, 0.15) is 60.3 Å². The summed E-state index contributed by atoms with van der Waals surface area (Å²) < 4.78 is 0. The molecule has 0 spiro atoms. The van der Waals surface area contributed by atoms with Crippen molar-refractivity contribution < 1.29 is 0 Å². The molecular formula is C18H36N2S. The van der Waals surface area contributed by atoms with Crippen LogP contribution in [0.15, 0.2) is 0 Å². The Morgan fingerprint density at radius 3 is 2.48 bits per heavy atom. The first-order valence-electron chi connectivity index (χ1n) is 9.01. The summed E-state index contributed by atoms with van der Waals surface area (Å²) in [7, 11) is 0. The SMILES string of the molecule is CCCNC1CCC(C)(C)CC1CN1CC(C)SC(C)C1. The summed E-state index contributed by atoms with van der Waals surface area (Å²) >= 11 is 2.16. The van der Waals surface area contributed by atoms with Crippen molar-refractivity contribution in [2.45, 2.75) is 76.8 Å². The third-order valence-electron chi connectivity index (χ3n) is 5.16. The summed E-state index contributed by atoms with van der Waals surface area (Å²) in [6, 6.07) is 0.748. The minimum absolute atomic E-state index is 0.539. The van der Waals surface area contributed by atoms with Gasteiger partial charge in [0.1, 0.15) is 0 Å². The predicted octanol–water partition coefficient (Wildman–Crippen LogP) is 4.01. The van der Waals surface area contributed by atoms with Gasteiger partial charge in [-0.3, -0.25) is 0 Å². The van der Waals surface area contributed by atoms with Crippen LogP contribution in [0, 0.1) is 11.3 Å². The zero-order valence-electron chi connectivity index (χ0n) is 14.8. The first-order valence-corrected chi connectivity index (χ1v) is 9.95. The predicted molar refractivity (Wildman–Crippen MR) is 96.2 cm³/mol. The molecule has 2 nitrogen and oxygen atoms in total. The maximum absolute atomic E-state index is 3.84. The molecule has 3 heteroatoms. The third-order valence-corrected chi connectivity index (χ3v) is 6.39. The molecule has 0 bridgehead atoms. The molecule has 4 unspecified atom stereocenters. The molecule has 124 valence electrons. The Labute approximate surface area is 136 Å². The highest BCUT2D eigenvalue weighted by atomic mass is 32.2. The molecule has 2 fully saturated rings. The normalized spacial score (nSPS) is 37.6. The molecule has 2 rings (SSSR count). The van der Waals surface area contributed by atoms with E-state index < -0.39 is 0 Å². The van der Waals surface area contributed by atoms with Gasteiger partial charge >= 0.3 is 0 Å². The van der Waals surface area contributed by atoms with Crippen molar-refractivity contribution in [2.24, 2.45) is 11.3 Å². The number of nitrogens with zero attached hydrogens (tertiary/aromatic N) is 1. The van der Waals surface area contributed by atoms with Crippen molar-refractivity contribution in [3.63, 3.8) is 0 Å². The summed E-state index contributed by atoms with van der Waals surface area (Å²) in [6.45, 7) is 17.1. The van der Waals surface area contributed by atoms with Gasteiger partial charge in [0, 0.05) is 36.2 Å². The van der Waals surface area contributed by atoms with Crippen molar-refractivity contribution >= 4 is 11.8 Å². The van der Waals surface area contributed by atoms with Gasteiger partial charge in [-0.25, -0.2) is 0 Å². The van der Waals surface area contributed by atoms with Crippen molar-refractivity contribution in [1.29, 1.82) is 0 Å². The van der Waals surface area contributed by atoms with E-state index >= 15 is 0 Å². The lowest BCUT2D eigenvalue weighted by Crippen LogP contribution is -2.50. The lowest BCUT2D eigenvalue weighted by molar-refractivity contribution is 0.0991. The average Bonchev–Trinajstić information content (AvgIpc) is 2.36. The standard InChI is InChI=1S/C18H36N2S/c1-6-9-19-17-7-8-18(4,5)10-16(17)13-20-11-14(2)21-15(3)12-20/h14-17,19H,6-13H2,1-5H3. The Morgan fingerprint density at radius 1 is 1.19 bits per heavy atom. The Bertz CT molecular complexity index is 308. The van der Waals surface area contributed by atoms with Gasteiger partial charge in [0.2, 0.25) is 0 Å². The van der Waals surface area contributed by atoms with Crippen LogP contribution in [0.2, 0.25) is 0 Å². The van der Waals surface area contributed by atoms with Crippen LogP contribution in [-0.2, 0) is 0 Å². The van der Waals surface area contributed by atoms with Crippen LogP contribution < -0.4 is 5.32 Å². The van der Waals surface area contributed by atoms with E-state index in [9.17, 15) is 0 Å². The molecule has 2 aliphatic rings. The van der Waals surface area contributed by atoms with Crippen molar-refractivity contribution in [3.05, 3.63) is 0 Å². The van der Waals surface area contributed by atoms with Gasteiger partial charge in [-0.15, -0.1) is 0 Å². The van der Waals surface area contributed by atoms with Gasteiger partial charge in [0.25, 0.3) is 0 Å². The minimum atomic E-state index is 0.539.